The van der Waals surface area contributed by atoms with Crippen molar-refractivity contribution in [3.63, 3.8) is 0 Å². The molecule has 0 saturated heterocycles. The maximum absolute atomic E-state index is 11.8. The molecule has 0 radical (unpaired) electrons. The zero-order valence-electron chi connectivity index (χ0n) is 8.74. The minimum atomic E-state index is -3.40. The molecule has 3 nitrogen and oxygen atoms in total. The molecule has 1 N–H and O–H groups in total. The van der Waals surface area contributed by atoms with Gasteiger partial charge in [-0.3, -0.25) is 0 Å². The summed E-state index contributed by atoms with van der Waals surface area (Å²) in [6.07, 6.45) is 1.75. The lowest BCUT2D eigenvalue weighted by Crippen LogP contribution is -2.29. The molecular formula is C9H13BrClNO2S2. The highest BCUT2D eigenvalue weighted by molar-refractivity contribution is 9.11. The standard InChI is InChI=1S/C9H13BrClNO2S2/c1-2-3-7(11)6-12-16(13,14)9-5-4-8(10)15-9/h4-5,7,12H,2-3,6H2,1H3. The van der Waals surface area contributed by atoms with Crippen LogP contribution in [0.25, 0.3) is 0 Å². The molecular weight excluding hydrogens is 334 g/mol. The Labute approximate surface area is 113 Å². The topological polar surface area (TPSA) is 46.2 Å². The number of sulfonamides is 1. The van der Waals surface area contributed by atoms with Gasteiger partial charge in [0.1, 0.15) is 4.21 Å². The predicted molar refractivity (Wildman–Crippen MR) is 71.8 cm³/mol. The molecule has 1 unspecified atom stereocenters. The molecule has 0 aliphatic heterocycles. The van der Waals surface area contributed by atoms with Crippen molar-refractivity contribution < 1.29 is 8.42 Å². The van der Waals surface area contributed by atoms with Crippen LogP contribution in [0.3, 0.4) is 0 Å². The van der Waals surface area contributed by atoms with Crippen LogP contribution in [0.1, 0.15) is 19.8 Å². The van der Waals surface area contributed by atoms with E-state index >= 15 is 0 Å². The van der Waals surface area contributed by atoms with Crippen LogP contribution in [-0.2, 0) is 10.0 Å². The molecule has 0 bridgehead atoms. The zero-order chi connectivity index (χ0) is 12.2. The highest BCUT2D eigenvalue weighted by Gasteiger charge is 2.17. The van der Waals surface area contributed by atoms with Crippen LogP contribution >= 0.6 is 38.9 Å². The van der Waals surface area contributed by atoms with Gasteiger partial charge in [-0.1, -0.05) is 13.3 Å². The normalized spacial score (nSPS) is 13.9. The van der Waals surface area contributed by atoms with Gasteiger partial charge in [0.25, 0.3) is 0 Å². The van der Waals surface area contributed by atoms with Gasteiger partial charge in [0, 0.05) is 11.9 Å². The summed E-state index contributed by atoms with van der Waals surface area (Å²) in [6.45, 7) is 2.29. The Balaban J connectivity index is 2.59. The average Bonchev–Trinajstić information content (AvgIpc) is 2.63. The van der Waals surface area contributed by atoms with Crippen LogP contribution in [0.15, 0.2) is 20.1 Å². The second kappa shape index (κ2) is 6.35. The molecule has 0 spiro atoms. The van der Waals surface area contributed by atoms with E-state index in [4.69, 9.17) is 11.6 Å². The third-order valence-corrected chi connectivity index (χ3v) is 5.82. The lowest BCUT2D eigenvalue weighted by Gasteiger charge is -2.09. The number of hydrogen-bond donors (Lipinski definition) is 1. The molecule has 0 amide bonds. The molecule has 1 aromatic rings. The lowest BCUT2D eigenvalue weighted by molar-refractivity contribution is 0.579. The maximum atomic E-state index is 11.8. The molecule has 0 saturated carbocycles. The SMILES string of the molecule is CCCC(Cl)CNS(=O)(=O)c1ccc(Br)s1. The fraction of sp³-hybridized carbons (Fsp3) is 0.556. The predicted octanol–water partition coefficient (Wildman–Crippen LogP) is 3.20. The maximum Gasteiger partial charge on any atom is 0.250 e. The molecule has 7 heteroatoms. The first-order valence-electron chi connectivity index (χ1n) is 4.84. The quantitative estimate of drug-likeness (QED) is 0.804. The molecule has 0 aliphatic rings. The van der Waals surface area contributed by atoms with Crippen molar-refractivity contribution in [1.82, 2.24) is 4.72 Å². The van der Waals surface area contributed by atoms with E-state index in [1.165, 1.54) is 11.3 Å². The van der Waals surface area contributed by atoms with Crippen molar-refractivity contribution in [2.75, 3.05) is 6.54 Å². The monoisotopic (exact) mass is 345 g/mol. The highest BCUT2D eigenvalue weighted by Crippen LogP contribution is 2.25. The van der Waals surface area contributed by atoms with Crippen LogP contribution in [0.4, 0.5) is 0 Å². The fourth-order valence-corrected chi connectivity index (χ4v) is 4.65. The minimum Gasteiger partial charge on any atom is -0.209 e. The second-order valence-electron chi connectivity index (χ2n) is 3.30. The molecule has 0 fully saturated rings. The largest absolute Gasteiger partial charge is 0.250 e. The molecule has 1 atom stereocenters. The lowest BCUT2D eigenvalue weighted by atomic mass is 10.2. The van der Waals surface area contributed by atoms with Crippen molar-refractivity contribution in [3.05, 3.63) is 15.9 Å². The second-order valence-corrected chi connectivity index (χ2v) is 8.37. The summed E-state index contributed by atoms with van der Waals surface area (Å²) < 4.78 is 27.2. The van der Waals surface area contributed by atoms with Crippen molar-refractivity contribution in [2.24, 2.45) is 0 Å². The van der Waals surface area contributed by atoms with Crippen LogP contribution in [0.2, 0.25) is 0 Å². The molecule has 92 valence electrons. The van der Waals surface area contributed by atoms with E-state index in [2.05, 4.69) is 20.7 Å². The third kappa shape index (κ3) is 4.33. The van der Waals surface area contributed by atoms with Gasteiger partial charge in [0.05, 0.1) is 3.79 Å². The van der Waals surface area contributed by atoms with Crippen molar-refractivity contribution in [3.8, 4) is 0 Å². The highest BCUT2D eigenvalue weighted by atomic mass is 79.9. The van der Waals surface area contributed by atoms with Gasteiger partial charge in [0.15, 0.2) is 0 Å². The Morgan fingerprint density at radius 1 is 1.56 bits per heavy atom. The van der Waals surface area contributed by atoms with E-state index in [9.17, 15) is 8.42 Å². The van der Waals surface area contributed by atoms with E-state index in [1.54, 1.807) is 12.1 Å². The van der Waals surface area contributed by atoms with E-state index in [-0.39, 0.29) is 11.9 Å². The Morgan fingerprint density at radius 3 is 2.75 bits per heavy atom. The number of hydrogen-bond acceptors (Lipinski definition) is 3. The van der Waals surface area contributed by atoms with Crippen LogP contribution < -0.4 is 4.72 Å². The summed E-state index contributed by atoms with van der Waals surface area (Å²) in [4.78, 5) is 0. The van der Waals surface area contributed by atoms with Crippen LogP contribution in [-0.4, -0.2) is 20.3 Å². The Morgan fingerprint density at radius 2 is 2.25 bits per heavy atom. The van der Waals surface area contributed by atoms with Crippen molar-refractivity contribution in [2.45, 2.75) is 29.4 Å². The summed E-state index contributed by atoms with van der Waals surface area (Å²) in [5.41, 5.74) is 0. The number of thiophene rings is 1. The van der Waals surface area contributed by atoms with E-state index in [1.807, 2.05) is 6.92 Å². The fourth-order valence-electron chi connectivity index (χ4n) is 1.13. The molecule has 1 heterocycles. The van der Waals surface area contributed by atoms with Gasteiger partial charge in [-0.15, -0.1) is 22.9 Å². The summed E-state index contributed by atoms with van der Waals surface area (Å²) in [6, 6.07) is 3.28. The number of rotatable bonds is 6. The summed E-state index contributed by atoms with van der Waals surface area (Å²) in [7, 11) is -3.40. The van der Waals surface area contributed by atoms with Gasteiger partial charge < -0.3 is 0 Å². The molecule has 0 aromatic carbocycles. The molecule has 16 heavy (non-hydrogen) atoms. The van der Waals surface area contributed by atoms with Gasteiger partial charge >= 0.3 is 0 Å². The number of alkyl halides is 1. The van der Waals surface area contributed by atoms with Crippen molar-refractivity contribution >= 4 is 48.9 Å². The first-order chi connectivity index (χ1) is 7.45. The Hall–Kier alpha value is 0.380. The molecule has 1 aromatic heterocycles. The number of nitrogens with one attached hydrogen (secondary N) is 1. The average molecular weight is 347 g/mol. The van der Waals surface area contributed by atoms with E-state index in [0.717, 1.165) is 16.6 Å². The first kappa shape index (κ1) is 14.4. The summed E-state index contributed by atoms with van der Waals surface area (Å²) in [5, 5.41) is -0.150. The molecule has 0 aliphatic carbocycles. The first-order valence-corrected chi connectivity index (χ1v) is 8.37. The number of halogens is 2. The minimum absolute atomic E-state index is 0.150. The summed E-state index contributed by atoms with van der Waals surface area (Å²) >= 11 is 10.4. The van der Waals surface area contributed by atoms with Gasteiger partial charge in [-0.25, -0.2) is 13.1 Å². The van der Waals surface area contributed by atoms with Gasteiger partial charge in [-0.05, 0) is 34.5 Å². The van der Waals surface area contributed by atoms with Crippen LogP contribution in [0, 0.1) is 0 Å². The molecule has 1 rings (SSSR count). The third-order valence-electron chi connectivity index (χ3n) is 1.91. The Bertz CT molecular complexity index is 432. The zero-order valence-corrected chi connectivity index (χ0v) is 12.7. The Kier molecular flexibility index (Phi) is 5.73. The van der Waals surface area contributed by atoms with E-state index < -0.39 is 10.0 Å². The van der Waals surface area contributed by atoms with Gasteiger partial charge in [0.2, 0.25) is 10.0 Å². The summed E-state index contributed by atoms with van der Waals surface area (Å²) in [5.74, 6) is 0. The van der Waals surface area contributed by atoms with Crippen molar-refractivity contribution in [1.29, 1.82) is 0 Å². The van der Waals surface area contributed by atoms with Crippen LogP contribution in [0.5, 0.6) is 0 Å². The van der Waals surface area contributed by atoms with Gasteiger partial charge in [-0.2, -0.15) is 0 Å². The van der Waals surface area contributed by atoms with E-state index in [0.29, 0.717) is 4.21 Å². The smallest absolute Gasteiger partial charge is 0.209 e.